The van der Waals surface area contributed by atoms with Crippen molar-refractivity contribution in [2.75, 3.05) is 11.1 Å². The van der Waals surface area contributed by atoms with Gasteiger partial charge in [0.25, 0.3) is 0 Å². The summed E-state index contributed by atoms with van der Waals surface area (Å²) in [6.45, 7) is 8.43. The molecule has 0 spiro atoms. The van der Waals surface area contributed by atoms with Crippen molar-refractivity contribution in [1.82, 2.24) is 14.8 Å². The second kappa shape index (κ2) is 10.6. The van der Waals surface area contributed by atoms with Gasteiger partial charge in [0.05, 0.1) is 5.75 Å². The summed E-state index contributed by atoms with van der Waals surface area (Å²) in [6.07, 6.45) is 0. The zero-order chi connectivity index (χ0) is 24.1. The van der Waals surface area contributed by atoms with Gasteiger partial charge in [0, 0.05) is 11.4 Å². The van der Waals surface area contributed by atoms with Crippen molar-refractivity contribution >= 4 is 23.4 Å². The molecule has 6 nitrogen and oxygen atoms in total. The Morgan fingerprint density at radius 1 is 0.882 bits per heavy atom. The molecule has 34 heavy (non-hydrogen) atoms. The monoisotopic (exact) mass is 472 g/mol. The number of benzene rings is 3. The molecule has 0 fully saturated rings. The fraction of sp³-hybridized carbons (Fsp3) is 0.222. The molecule has 0 aliphatic rings. The summed E-state index contributed by atoms with van der Waals surface area (Å²) in [4.78, 5) is 12.6. The lowest BCUT2D eigenvalue weighted by molar-refractivity contribution is -0.113. The van der Waals surface area contributed by atoms with Crippen molar-refractivity contribution in [3.8, 4) is 11.4 Å². The van der Waals surface area contributed by atoms with Gasteiger partial charge in [-0.1, -0.05) is 53.2 Å². The summed E-state index contributed by atoms with van der Waals surface area (Å²) < 4.78 is 7.91. The maximum Gasteiger partial charge on any atom is 0.234 e. The predicted octanol–water partition coefficient (Wildman–Crippen LogP) is 5.81. The molecule has 1 heterocycles. The van der Waals surface area contributed by atoms with E-state index < -0.39 is 0 Å². The van der Waals surface area contributed by atoms with E-state index in [4.69, 9.17) is 4.74 Å². The molecule has 0 bridgehead atoms. The number of nitrogens with one attached hydrogen (secondary N) is 1. The Kier molecular flexibility index (Phi) is 7.33. The average Bonchev–Trinajstić information content (AvgIpc) is 3.23. The van der Waals surface area contributed by atoms with E-state index in [1.54, 1.807) is 0 Å². The minimum atomic E-state index is -0.0934. The van der Waals surface area contributed by atoms with Crippen LogP contribution < -0.4 is 10.1 Å². The average molecular weight is 473 g/mol. The van der Waals surface area contributed by atoms with Crippen molar-refractivity contribution < 1.29 is 9.53 Å². The first kappa shape index (κ1) is 23.6. The largest absolute Gasteiger partial charge is 0.486 e. The smallest absolute Gasteiger partial charge is 0.234 e. The van der Waals surface area contributed by atoms with Gasteiger partial charge in [0.1, 0.15) is 12.4 Å². The lowest BCUT2D eigenvalue weighted by atomic mass is 10.1. The van der Waals surface area contributed by atoms with Crippen LogP contribution in [0.2, 0.25) is 0 Å². The second-order valence-corrected chi connectivity index (χ2v) is 9.25. The summed E-state index contributed by atoms with van der Waals surface area (Å²) >= 11 is 1.35. The standard InChI is InChI=1S/C27H28N4O2S/c1-18-5-11-23(12-6-18)31-25(16-33-24-13-7-19(2)8-14-24)29-30-27(31)34-17-26(32)28-22-10-9-20(3)21(4)15-22/h5-15H,16-17H2,1-4H3,(H,28,32). The number of amides is 1. The third-order valence-electron chi connectivity index (χ3n) is 5.50. The molecule has 0 unspecified atom stereocenters. The zero-order valence-corrected chi connectivity index (χ0v) is 20.6. The minimum absolute atomic E-state index is 0.0934. The number of hydrogen-bond acceptors (Lipinski definition) is 5. The fourth-order valence-corrected chi connectivity index (χ4v) is 4.14. The van der Waals surface area contributed by atoms with Gasteiger partial charge in [-0.25, -0.2) is 0 Å². The third kappa shape index (κ3) is 5.85. The van der Waals surface area contributed by atoms with E-state index in [0.717, 1.165) is 28.3 Å². The molecule has 0 saturated carbocycles. The highest BCUT2D eigenvalue weighted by atomic mass is 32.2. The summed E-state index contributed by atoms with van der Waals surface area (Å²) in [5, 5.41) is 12.3. The van der Waals surface area contributed by atoms with Crippen molar-refractivity contribution in [2.45, 2.75) is 39.5 Å². The Hall–Kier alpha value is -3.58. The lowest BCUT2D eigenvalue weighted by Crippen LogP contribution is -2.15. The normalized spacial score (nSPS) is 10.8. The molecule has 1 aromatic heterocycles. The highest BCUT2D eigenvalue weighted by Crippen LogP contribution is 2.24. The van der Waals surface area contributed by atoms with E-state index in [1.807, 2.05) is 92.1 Å². The highest BCUT2D eigenvalue weighted by Gasteiger charge is 2.17. The molecule has 0 saturated heterocycles. The van der Waals surface area contributed by atoms with Gasteiger partial charge >= 0.3 is 0 Å². The van der Waals surface area contributed by atoms with Crippen molar-refractivity contribution in [1.29, 1.82) is 0 Å². The van der Waals surface area contributed by atoms with Crippen LogP contribution in [0.4, 0.5) is 5.69 Å². The number of rotatable bonds is 8. The maximum absolute atomic E-state index is 12.6. The van der Waals surface area contributed by atoms with E-state index >= 15 is 0 Å². The molecule has 1 N–H and O–H groups in total. The van der Waals surface area contributed by atoms with Crippen LogP contribution in [0.5, 0.6) is 5.75 Å². The van der Waals surface area contributed by atoms with Gasteiger partial charge in [-0.2, -0.15) is 0 Å². The maximum atomic E-state index is 12.6. The van der Waals surface area contributed by atoms with Gasteiger partial charge in [0.2, 0.25) is 5.91 Å². The van der Waals surface area contributed by atoms with Crippen LogP contribution in [0, 0.1) is 27.7 Å². The number of hydrogen-bond donors (Lipinski definition) is 1. The van der Waals surface area contributed by atoms with Crippen LogP contribution in [0.3, 0.4) is 0 Å². The number of nitrogens with zero attached hydrogens (tertiary/aromatic N) is 3. The molecule has 0 atom stereocenters. The van der Waals surface area contributed by atoms with Crippen molar-refractivity contribution in [3.05, 3.63) is 94.8 Å². The molecule has 4 aromatic rings. The Morgan fingerprint density at radius 3 is 2.24 bits per heavy atom. The second-order valence-electron chi connectivity index (χ2n) is 8.31. The van der Waals surface area contributed by atoms with Crippen LogP contribution in [0.1, 0.15) is 28.1 Å². The van der Waals surface area contributed by atoms with Crippen LogP contribution in [-0.4, -0.2) is 26.4 Å². The SMILES string of the molecule is Cc1ccc(OCc2nnc(SCC(=O)Nc3ccc(C)c(C)c3)n2-c2ccc(C)cc2)cc1. The van der Waals surface area contributed by atoms with Crippen LogP contribution >= 0.6 is 11.8 Å². The Morgan fingerprint density at radius 2 is 1.56 bits per heavy atom. The Labute approximate surface area is 204 Å². The highest BCUT2D eigenvalue weighted by molar-refractivity contribution is 7.99. The fourth-order valence-electron chi connectivity index (χ4n) is 3.37. The third-order valence-corrected chi connectivity index (χ3v) is 6.43. The first-order chi connectivity index (χ1) is 16.4. The first-order valence-electron chi connectivity index (χ1n) is 11.1. The number of aryl methyl sites for hydroxylation is 4. The van der Waals surface area contributed by atoms with Gasteiger partial charge in [-0.05, 0) is 75.2 Å². The Bertz CT molecular complexity index is 1280. The number of ether oxygens (including phenoxy) is 1. The number of anilines is 1. The van der Waals surface area contributed by atoms with E-state index in [2.05, 4.69) is 22.4 Å². The summed E-state index contributed by atoms with van der Waals surface area (Å²) in [6, 6.07) is 21.9. The molecule has 174 valence electrons. The van der Waals surface area contributed by atoms with Gasteiger partial charge in [-0.15, -0.1) is 10.2 Å². The summed E-state index contributed by atoms with van der Waals surface area (Å²) in [5.74, 6) is 1.56. The van der Waals surface area contributed by atoms with Crippen molar-refractivity contribution in [2.24, 2.45) is 0 Å². The molecular weight excluding hydrogens is 444 g/mol. The molecule has 3 aromatic carbocycles. The summed E-state index contributed by atoms with van der Waals surface area (Å²) in [5.41, 5.74) is 6.39. The quantitative estimate of drug-likeness (QED) is 0.328. The molecule has 0 aliphatic heterocycles. The van der Waals surface area contributed by atoms with E-state index in [1.165, 1.54) is 22.9 Å². The molecule has 0 aliphatic carbocycles. The number of carbonyl (C=O) groups is 1. The van der Waals surface area contributed by atoms with Crippen LogP contribution in [0.15, 0.2) is 71.9 Å². The molecule has 4 rings (SSSR count). The minimum Gasteiger partial charge on any atom is -0.486 e. The molecule has 1 amide bonds. The topological polar surface area (TPSA) is 69.0 Å². The predicted molar refractivity (Wildman–Crippen MR) is 137 cm³/mol. The van der Waals surface area contributed by atoms with Gasteiger partial charge in [-0.3, -0.25) is 9.36 Å². The zero-order valence-electron chi connectivity index (χ0n) is 19.8. The lowest BCUT2D eigenvalue weighted by Gasteiger charge is -2.12. The van der Waals surface area contributed by atoms with Crippen LogP contribution in [0.25, 0.3) is 5.69 Å². The van der Waals surface area contributed by atoms with E-state index in [9.17, 15) is 4.79 Å². The van der Waals surface area contributed by atoms with Crippen LogP contribution in [-0.2, 0) is 11.4 Å². The number of thioether (sulfide) groups is 1. The molecular formula is C27H28N4O2S. The van der Waals surface area contributed by atoms with Gasteiger partial charge < -0.3 is 10.1 Å². The summed E-state index contributed by atoms with van der Waals surface area (Å²) in [7, 11) is 0. The first-order valence-corrected chi connectivity index (χ1v) is 12.1. The number of aromatic nitrogens is 3. The van der Waals surface area contributed by atoms with E-state index in [0.29, 0.717) is 11.0 Å². The van der Waals surface area contributed by atoms with Crippen molar-refractivity contribution in [3.63, 3.8) is 0 Å². The Balaban J connectivity index is 1.50. The molecule has 0 radical (unpaired) electrons. The number of carbonyl (C=O) groups excluding carboxylic acids is 1. The van der Waals surface area contributed by atoms with E-state index in [-0.39, 0.29) is 18.3 Å². The molecule has 7 heteroatoms. The van der Waals surface area contributed by atoms with Gasteiger partial charge in [0.15, 0.2) is 11.0 Å².